The highest BCUT2D eigenvalue weighted by Crippen LogP contribution is 2.26. The Hall–Kier alpha value is -2.11. The van der Waals surface area contributed by atoms with Gasteiger partial charge in [0.15, 0.2) is 0 Å². The number of nitro groups is 1. The average molecular weight is 196 g/mol. The van der Waals surface area contributed by atoms with Crippen LogP contribution in [0.1, 0.15) is 0 Å². The number of rotatable bonds is 2. The van der Waals surface area contributed by atoms with Crippen LogP contribution in [0.2, 0.25) is 0 Å². The molecule has 1 aromatic rings. The van der Waals surface area contributed by atoms with Crippen molar-refractivity contribution in [1.82, 2.24) is 0 Å². The van der Waals surface area contributed by atoms with Crippen molar-refractivity contribution in [2.24, 2.45) is 0 Å². The molecule has 0 heterocycles. The first-order chi connectivity index (χ1) is 6.54. The summed E-state index contributed by atoms with van der Waals surface area (Å²) in [4.78, 5) is 21.3. The normalized spacial score (nSPS) is 9.50. The van der Waals surface area contributed by atoms with E-state index < -0.39 is 11.0 Å². The third kappa shape index (κ3) is 1.79. The average Bonchev–Trinajstić information content (AvgIpc) is 2.16. The van der Waals surface area contributed by atoms with E-state index in [2.05, 4.69) is 0 Å². The second-order valence-electron chi connectivity index (χ2n) is 2.59. The third-order valence-corrected chi connectivity index (χ3v) is 1.73. The van der Waals surface area contributed by atoms with E-state index in [-0.39, 0.29) is 11.4 Å². The minimum atomic E-state index is -1.24. The molecule has 0 aliphatic carbocycles. The molecule has 0 aliphatic heterocycles. The summed E-state index contributed by atoms with van der Waals surface area (Å²) in [6, 6.07) is 5.67. The Kier molecular flexibility index (Phi) is 2.66. The van der Waals surface area contributed by atoms with Crippen molar-refractivity contribution >= 4 is 17.5 Å². The summed E-state index contributed by atoms with van der Waals surface area (Å²) in [5, 5.41) is 19.2. The summed E-state index contributed by atoms with van der Waals surface area (Å²) in [5.41, 5.74) is -0.164. The summed E-state index contributed by atoms with van der Waals surface area (Å²) in [6.45, 7) is 0. The maximum atomic E-state index is 10.6. The SMILES string of the molecule is CN(C(=O)O)c1ccccc1[N+](=O)[O-]. The molecule has 74 valence electrons. The Morgan fingerprint density at radius 3 is 2.57 bits per heavy atom. The van der Waals surface area contributed by atoms with Gasteiger partial charge in [-0.1, -0.05) is 12.1 Å². The van der Waals surface area contributed by atoms with Crippen LogP contribution in [0.4, 0.5) is 16.2 Å². The van der Waals surface area contributed by atoms with Crippen molar-refractivity contribution in [3.05, 3.63) is 34.4 Å². The first kappa shape index (κ1) is 9.97. The Balaban J connectivity index is 3.19. The van der Waals surface area contributed by atoms with Crippen LogP contribution >= 0.6 is 0 Å². The van der Waals surface area contributed by atoms with E-state index in [1.54, 1.807) is 6.07 Å². The smallest absolute Gasteiger partial charge is 0.411 e. The maximum Gasteiger partial charge on any atom is 0.411 e. The van der Waals surface area contributed by atoms with Crippen LogP contribution in [0.3, 0.4) is 0 Å². The molecule has 1 rings (SSSR count). The molecule has 0 aromatic heterocycles. The fourth-order valence-electron chi connectivity index (χ4n) is 1.01. The molecule has 6 nitrogen and oxygen atoms in total. The largest absolute Gasteiger partial charge is 0.465 e. The molecule has 0 atom stereocenters. The lowest BCUT2D eigenvalue weighted by molar-refractivity contribution is -0.384. The van der Waals surface area contributed by atoms with Crippen LogP contribution in [0.5, 0.6) is 0 Å². The summed E-state index contributed by atoms with van der Waals surface area (Å²) in [6.07, 6.45) is -1.24. The number of hydrogen-bond acceptors (Lipinski definition) is 3. The molecule has 14 heavy (non-hydrogen) atoms. The van der Waals surface area contributed by atoms with Crippen molar-refractivity contribution in [1.29, 1.82) is 0 Å². The van der Waals surface area contributed by atoms with Crippen molar-refractivity contribution in [2.45, 2.75) is 0 Å². The quantitative estimate of drug-likeness (QED) is 0.576. The zero-order valence-corrected chi connectivity index (χ0v) is 7.38. The minimum Gasteiger partial charge on any atom is -0.465 e. The van der Waals surface area contributed by atoms with Gasteiger partial charge < -0.3 is 5.11 Å². The summed E-state index contributed by atoms with van der Waals surface area (Å²) >= 11 is 0. The standard InChI is InChI=1S/C8H8N2O4/c1-9(8(11)12)6-4-2-3-5-7(6)10(13)14/h2-5H,1H3,(H,11,12). The van der Waals surface area contributed by atoms with Crippen LogP contribution in [-0.4, -0.2) is 23.2 Å². The van der Waals surface area contributed by atoms with Crippen LogP contribution in [0, 0.1) is 10.1 Å². The van der Waals surface area contributed by atoms with E-state index >= 15 is 0 Å². The van der Waals surface area contributed by atoms with Crippen molar-refractivity contribution < 1.29 is 14.8 Å². The minimum absolute atomic E-state index is 0.0602. The molecule has 0 fully saturated rings. The second-order valence-corrected chi connectivity index (χ2v) is 2.59. The molecule has 0 aliphatic rings. The summed E-state index contributed by atoms with van der Waals surface area (Å²) in [7, 11) is 1.25. The monoisotopic (exact) mass is 196 g/mol. The zero-order valence-electron chi connectivity index (χ0n) is 7.38. The molecule has 1 amide bonds. The van der Waals surface area contributed by atoms with Gasteiger partial charge in [0, 0.05) is 13.1 Å². The number of benzene rings is 1. The molecule has 0 radical (unpaired) electrons. The van der Waals surface area contributed by atoms with E-state index in [0.717, 1.165) is 4.90 Å². The van der Waals surface area contributed by atoms with Crippen LogP contribution in [0.25, 0.3) is 0 Å². The first-order valence-corrected chi connectivity index (χ1v) is 3.74. The molecule has 1 aromatic carbocycles. The number of nitro benzene ring substituents is 1. The molecular formula is C8H8N2O4. The van der Waals surface area contributed by atoms with Crippen LogP contribution < -0.4 is 4.90 Å². The maximum absolute atomic E-state index is 10.6. The Morgan fingerprint density at radius 2 is 2.07 bits per heavy atom. The third-order valence-electron chi connectivity index (χ3n) is 1.73. The van der Waals surface area contributed by atoms with E-state index in [0.29, 0.717) is 0 Å². The lowest BCUT2D eigenvalue weighted by Gasteiger charge is -2.12. The number of anilines is 1. The fraction of sp³-hybridized carbons (Fsp3) is 0.125. The van der Waals surface area contributed by atoms with E-state index in [4.69, 9.17) is 5.11 Å². The highest BCUT2D eigenvalue weighted by Gasteiger charge is 2.19. The van der Waals surface area contributed by atoms with Gasteiger partial charge in [0.05, 0.1) is 4.92 Å². The molecule has 0 bridgehead atoms. The molecule has 0 saturated heterocycles. The fourth-order valence-corrected chi connectivity index (χ4v) is 1.01. The van der Waals surface area contributed by atoms with Crippen LogP contribution in [0.15, 0.2) is 24.3 Å². The van der Waals surface area contributed by atoms with E-state index in [1.807, 2.05) is 0 Å². The molecular weight excluding hydrogens is 188 g/mol. The number of carboxylic acid groups (broad SMARTS) is 1. The number of amides is 1. The van der Waals surface area contributed by atoms with Gasteiger partial charge >= 0.3 is 6.09 Å². The van der Waals surface area contributed by atoms with Gasteiger partial charge in [-0.2, -0.15) is 0 Å². The lowest BCUT2D eigenvalue weighted by Crippen LogP contribution is -2.24. The molecule has 0 unspecified atom stereocenters. The number of hydrogen-bond donors (Lipinski definition) is 1. The Labute approximate surface area is 79.5 Å². The second kappa shape index (κ2) is 3.73. The van der Waals surface area contributed by atoms with Gasteiger partial charge in [-0.15, -0.1) is 0 Å². The van der Waals surface area contributed by atoms with E-state index in [9.17, 15) is 14.9 Å². The molecule has 0 spiro atoms. The first-order valence-electron chi connectivity index (χ1n) is 3.74. The predicted octanol–water partition coefficient (Wildman–Crippen LogP) is 1.71. The highest BCUT2D eigenvalue weighted by molar-refractivity contribution is 5.88. The summed E-state index contributed by atoms with van der Waals surface area (Å²) in [5.74, 6) is 0. The van der Waals surface area contributed by atoms with Crippen molar-refractivity contribution in [3.63, 3.8) is 0 Å². The lowest BCUT2D eigenvalue weighted by atomic mass is 10.2. The summed E-state index contributed by atoms with van der Waals surface area (Å²) < 4.78 is 0. The van der Waals surface area contributed by atoms with Crippen LogP contribution in [-0.2, 0) is 0 Å². The predicted molar refractivity (Wildman–Crippen MR) is 49.5 cm³/mol. The number of nitrogens with zero attached hydrogens (tertiary/aromatic N) is 2. The van der Waals surface area contributed by atoms with Crippen molar-refractivity contribution in [3.8, 4) is 0 Å². The van der Waals surface area contributed by atoms with Crippen molar-refractivity contribution in [2.75, 3.05) is 11.9 Å². The topological polar surface area (TPSA) is 83.7 Å². The number of para-hydroxylation sites is 2. The highest BCUT2D eigenvalue weighted by atomic mass is 16.6. The molecule has 0 saturated carbocycles. The van der Waals surface area contributed by atoms with Gasteiger partial charge in [-0.25, -0.2) is 4.79 Å². The molecule has 1 N–H and O–H groups in total. The molecule has 6 heteroatoms. The Morgan fingerprint density at radius 1 is 1.50 bits per heavy atom. The van der Waals surface area contributed by atoms with Gasteiger partial charge in [-0.3, -0.25) is 15.0 Å². The van der Waals surface area contributed by atoms with E-state index in [1.165, 1.54) is 25.2 Å². The number of carbonyl (C=O) groups is 1. The zero-order chi connectivity index (χ0) is 10.7. The van der Waals surface area contributed by atoms with Gasteiger partial charge in [-0.05, 0) is 6.07 Å². The van der Waals surface area contributed by atoms with Gasteiger partial charge in [0.2, 0.25) is 0 Å². The van der Waals surface area contributed by atoms with Gasteiger partial charge in [0.25, 0.3) is 5.69 Å². The Bertz CT molecular complexity index is 377. The van der Waals surface area contributed by atoms with Gasteiger partial charge in [0.1, 0.15) is 5.69 Å².